The van der Waals surface area contributed by atoms with Crippen LogP contribution >= 0.6 is 0 Å². The van der Waals surface area contributed by atoms with Crippen LogP contribution in [0.2, 0.25) is 0 Å². The minimum Gasteiger partial charge on any atom is -0.378 e. The number of aryl methyl sites for hydroxylation is 1. The van der Waals surface area contributed by atoms with Gasteiger partial charge in [0.25, 0.3) is 0 Å². The summed E-state index contributed by atoms with van der Waals surface area (Å²) in [6.45, 7) is 8.42. The lowest BCUT2D eigenvalue weighted by Crippen LogP contribution is -2.39. The Balaban J connectivity index is 1.84. The van der Waals surface area contributed by atoms with Crippen molar-refractivity contribution < 1.29 is 4.74 Å². The second kappa shape index (κ2) is 7.80. The Morgan fingerprint density at radius 3 is 2.65 bits per heavy atom. The summed E-state index contributed by atoms with van der Waals surface area (Å²) in [5.74, 6) is 0.847. The van der Waals surface area contributed by atoms with Crippen LogP contribution < -0.4 is 5.32 Å². The first-order valence-electron chi connectivity index (χ1n) is 8.12. The number of hydrogen-bond acceptors (Lipinski definition) is 2. The van der Waals surface area contributed by atoms with Crippen molar-refractivity contribution in [3.05, 3.63) is 35.4 Å². The average molecular weight is 275 g/mol. The van der Waals surface area contributed by atoms with E-state index >= 15 is 0 Å². The molecule has 1 unspecified atom stereocenters. The molecule has 0 bridgehead atoms. The molecule has 0 aliphatic heterocycles. The van der Waals surface area contributed by atoms with Gasteiger partial charge in [-0.25, -0.2) is 0 Å². The van der Waals surface area contributed by atoms with Crippen molar-refractivity contribution in [2.75, 3.05) is 13.2 Å². The van der Waals surface area contributed by atoms with Gasteiger partial charge in [-0.1, -0.05) is 31.2 Å². The maximum atomic E-state index is 5.67. The lowest BCUT2D eigenvalue weighted by molar-refractivity contribution is -0.0289. The highest BCUT2D eigenvalue weighted by Crippen LogP contribution is 2.34. The molecule has 112 valence electrons. The third-order valence-electron chi connectivity index (χ3n) is 4.43. The largest absolute Gasteiger partial charge is 0.378 e. The third-order valence-corrected chi connectivity index (χ3v) is 4.43. The molecule has 2 heteroatoms. The second-order valence-corrected chi connectivity index (χ2v) is 6.04. The van der Waals surface area contributed by atoms with E-state index in [0.29, 0.717) is 12.1 Å². The monoisotopic (exact) mass is 275 g/mol. The minimum absolute atomic E-state index is 0.533. The maximum absolute atomic E-state index is 5.67. The molecule has 1 N–H and O–H groups in total. The zero-order valence-corrected chi connectivity index (χ0v) is 13.2. The van der Waals surface area contributed by atoms with Crippen molar-refractivity contribution in [1.82, 2.24) is 5.32 Å². The van der Waals surface area contributed by atoms with Gasteiger partial charge in [0.05, 0.1) is 6.10 Å². The summed E-state index contributed by atoms with van der Waals surface area (Å²) < 4.78 is 5.67. The number of nitrogens with one attached hydrogen (secondary N) is 1. The van der Waals surface area contributed by atoms with Gasteiger partial charge in [-0.05, 0) is 63.1 Å². The first-order chi connectivity index (χ1) is 9.72. The van der Waals surface area contributed by atoms with Gasteiger partial charge in [0.1, 0.15) is 0 Å². The summed E-state index contributed by atoms with van der Waals surface area (Å²) in [7, 11) is 0. The lowest BCUT2D eigenvalue weighted by atomic mass is 9.77. The lowest BCUT2D eigenvalue weighted by Gasteiger charge is -2.37. The van der Waals surface area contributed by atoms with Gasteiger partial charge in [0.15, 0.2) is 0 Å². The van der Waals surface area contributed by atoms with E-state index in [-0.39, 0.29) is 0 Å². The fourth-order valence-corrected chi connectivity index (χ4v) is 3.27. The van der Waals surface area contributed by atoms with Crippen LogP contribution in [-0.4, -0.2) is 25.3 Å². The number of ether oxygens (including phenoxy) is 1. The fourth-order valence-electron chi connectivity index (χ4n) is 3.27. The molecule has 1 saturated carbocycles. The van der Waals surface area contributed by atoms with E-state index in [9.17, 15) is 0 Å². The first-order valence-corrected chi connectivity index (χ1v) is 8.12. The summed E-state index contributed by atoms with van der Waals surface area (Å²) in [4.78, 5) is 0. The molecule has 1 fully saturated rings. The summed E-state index contributed by atoms with van der Waals surface area (Å²) >= 11 is 0. The molecule has 20 heavy (non-hydrogen) atoms. The van der Waals surface area contributed by atoms with Crippen LogP contribution in [0.1, 0.15) is 44.2 Å². The molecule has 1 aliphatic carbocycles. The predicted molar refractivity (Wildman–Crippen MR) is 85.1 cm³/mol. The van der Waals surface area contributed by atoms with E-state index in [1.54, 1.807) is 0 Å². The molecule has 0 amide bonds. The van der Waals surface area contributed by atoms with Crippen molar-refractivity contribution in [1.29, 1.82) is 0 Å². The zero-order valence-electron chi connectivity index (χ0n) is 13.2. The standard InChI is InChI=1S/C18H29NO/c1-4-19-17(10-15-11-18(12-15)20-5-2)13-16-9-7-6-8-14(16)3/h6-9,15,17-19H,4-5,10-13H2,1-3H3. The van der Waals surface area contributed by atoms with Gasteiger partial charge in [-0.15, -0.1) is 0 Å². The van der Waals surface area contributed by atoms with E-state index in [0.717, 1.165) is 25.5 Å². The Morgan fingerprint density at radius 2 is 2.00 bits per heavy atom. The van der Waals surface area contributed by atoms with Crippen LogP contribution in [0.25, 0.3) is 0 Å². The van der Waals surface area contributed by atoms with Crippen LogP contribution in [0.5, 0.6) is 0 Å². The fraction of sp³-hybridized carbons (Fsp3) is 0.667. The van der Waals surface area contributed by atoms with Crippen LogP contribution in [0, 0.1) is 12.8 Å². The molecule has 1 aromatic carbocycles. The molecule has 0 radical (unpaired) electrons. The van der Waals surface area contributed by atoms with Gasteiger partial charge in [-0.3, -0.25) is 0 Å². The second-order valence-electron chi connectivity index (χ2n) is 6.04. The molecule has 0 aromatic heterocycles. The molecule has 2 rings (SSSR count). The van der Waals surface area contributed by atoms with Gasteiger partial charge < -0.3 is 10.1 Å². The molecule has 0 spiro atoms. The molecule has 1 atom stereocenters. The minimum atomic E-state index is 0.533. The maximum Gasteiger partial charge on any atom is 0.0580 e. The molecule has 1 aromatic rings. The van der Waals surface area contributed by atoms with Gasteiger partial charge in [-0.2, -0.15) is 0 Å². The Kier molecular flexibility index (Phi) is 6.06. The number of benzene rings is 1. The van der Waals surface area contributed by atoms with Crippen molar-refractivity contribution in [2.45, 2.75) is 58.6 Å². The number of hydrogen-bond donors (Lipinski definition) is 1. The normalized spacial score (nSPS) is 23.4. The molecule has 2 nitrogen and oxygen atoms in total. The highest BCUT2D eigenvalue weighted by atomic mass is 16.5. The van der Waals surface area contributed by atoms with Crippen molar-refractivity contribution in [3.63, 3.8) is 0 Å². The van der Waals surface area contributed by atoms with E-state index < -0.39 is 0 Å². The van der Waals surface area contributed by atoms with E-state index in [4.69, 9.17) is 4.74 Å². The zero-order chi connectivity index (χ0) is 14.4. The number of rotatable bonds is 8. The predicted octanol–water partition coefficient (Wildman–Crippen LogP) is 3.72. The van der Waals surface area contributed by atoms with Crippen molar-refractivity contribution in [2.24, 2.45) is 5.92 Å². The van der Waals surface area contributed by atoms with Crippen LogP contribution in [0.3, 0.4) is 0 Å². The Morgan fingerprint density at radius 1 is 1.25 bits per heavy atom. The average Bonchev–Trinajstić information content (AvgIpc) is 2.39. The summed E-state index contributed by atoms with van der Waals surface area (Å²) in [5.41, 5.74) is 2.90. The summed E-state index contributed by atoms with van der Waals surface area (Å²) in [6, 6.07) is 9.36. The third kappa shape index (κ3) is 4.32. The van der Waals surface area contributed by atoms with Crippen molar-refractivity contribution >= 4 is 0 Å². The Hall–Kier alpha value is -0.860. The molecular formula is C18H29NO. The molecule has 1 aliphatic rings. The molecular weight excluding hydrogens is 246 g/mol. The Labute approximate surface area is 123 Å². The molecule has 0 heterocycles. The van der Waals surface area contributed by atoms with Crippen LogP contribution in [0.4, 0.5) is 0 Å². The summed E-state index contributed by atoms with van der Waals surface area (Å²) in [5, 5.41) is 3.66. The number of likely N-dealkylation sites (N-methyl/N-ethyl adjacent to an activating group) is 1. The first kappa shape index (κ1) is 15.5. The van der Waals surface area contributed by atoms with Gasteiger partial charge in [0.2, 0.25) is 0 Å². The SMILES string of the molecule is CCNC(Cc1ccccc1C)CC1CC(OCC)C1. The Bertz CT molecular complexity index is 398. The highest BCUT2D eigenvalue weighted by molar-refractivity contribution is 5.26. The van der Waals surface area contributed by atoms with Crippen LogP contribution in [-0.2, 0) is 11.2 Å². The quantitative estimate of drug-likeness (QED) is 0.780. The van der Waals surface area contributed by atoms with E-state index in [1.165, 1.54) is 30.4 Å². The smallest absolute Gasteiger partial charge is 0.0580 e. The topological polar surface area (TPSA) is 21.3 Å². The van der Waals surface area contributed by atoms with E-state index in [2.05, 4.69) is 50.4 Å². The van der Waals surface area contributed by atoms with Gasteiger partial charge in [0, 0.05) is 12.6 Å². The van der Waals surface area contributed by atoms with Crippen LogP contribution in [0.15, 0.2) is 24.3 Å². The molecule has 0 saturated heterocycles. The van der Waals surface area contributed by atoms with Crippen molar-refractivity contribution in [3.8, 4) is 0 Å². The highest BCUT2D eigenvalue weighted by Gasteiger charge is 2.31. The van der Waals surface area contributed by atoms with Gasteiger partial charge >= 0.3 is 0 Å². The van der Waals surface area contributed by atoms with E-state index in [1.807, 2.05) is 0 Å². The summed E-state index contributed by atoms with van der Waals surface area (Å²) in [6.07, 6.45) is 5.47.